The first kappa shape index (κ1) is 12.7. The Morgan fingerprint density at radius 2 is 2.11 bits per heavy atom. The number of benzene rings is 1. The lowest BCUT2D eigenvalue weighted by atomic mass is 9.64. The van der Waals surface area contributed by atoms with E-state index in [1.165, 1.54) is 24.8 Å². The van der Waals surface area contributed by atoms with Gasteiger partial charge in [-0.15, -0.1) is 0 Å². The zero-order chi connectivity index (χ0) is 13.1. The lowest BCUT2D eigenvalue weighted by Gasteiger charge is -2.42. The second-order valence-corrected chi connectivity index (χ2v) is 5.91. The van der Waals surface area contributed by atoms with E-state index in [1.807, 2.05) is 0 Å². The van der Waals surface area contributed by atoms with Gasteiger partial charge in [-0.3, -0.25) is 4.79 Å². The van der Waals surface area contributed by atoms with Crippen molar-refractivity contribution in [1.82, 2.24) is 10.6 Å². The fourth-order valence-corrected chi connectivity index (χ4v) is 3.24. The van der Waals surface area contributed by atoms with Crippen LogP contribution in [0, 0.1) is 5.92 Å². The van der Waals surface area contributed by atoms with Crippen molar-refractivity contribution in [2.45, 2.75) is 31.1 Å². The Labute approximate surface area is 114 Å². The summed E-state index contributed by atoms with van der Waals surface area (Å²) in [6.07, 6.45) is 4.64. The molecule has 0 aromatic heterocycles. The third-order valence-electron chi connectivity index (χ3n) is 4.73. The number of hydrogen-bond donors (Lipinski definition) is 2. The molecule has 0 bridgehead atoms. The minimum Gasteiger partial charge on any atom is -0.355 e. The molecule has 1 unspecified atom stereocenters. The monoisotopic (exact) mass is 258 g/mol. The Bertz CT molecular complexity index is 433. The maximum atomic E-state index is 12.1. The van der Waals surface area contributed by atoms with Gasteiger partial charge >= 0.3 is 0 Å². The fourth-order valence-electron chi connectivity index (χ4n) is 3.24. The van der Waals surface area contributed by atoms with E-state index < -0.39 is 0 Å². The van der Waals surface area contributed by atoms with Crippen LogP contribution in [-0.2, 0) is 10.2 Å². The van der Waals surface area contributed by atoms with Crippen molar-refractivity contribution in [3.63, 3.8) is 0 Å². The van der Waals surface area contributed by atoms with Crippen molar-refractivity contribution in [2.75, 3.05) is 19.6 Å². The summed E-state index contributed by atoms with van der Waals surface area (Å²) in [5.41, 5.74) is 1.58. The summed E-state index contributed by atoms with van der Waals surface area (Å²) in [6.45, 7) is 2.61. The van der Waals surface area contributed by atoms with Crippen LogP contribution < -0.4 is 10.6 Å². The first-order valence-corrected chi connectivity index (χ1v) is 7.34. The normalized spacial score (nSPS) is 24.7. The van der Waals surface area contributed by atoms with Crippen molar-refractivity contribution in [3.05, 3.63) is 35.9 Å². The summed E-state index contributed by atoms with van der Waals surface area (Å²) in [5.74, 6) is 0.403. The smallest absolute Gasteiger partial charge is 0.224 e. The Morgan fingerprint density at radius 1 is 1.32 bits per heavy atom. The second-order valence-electron chi connectivity index (χ2n) is 5.91. The molecule has 0 spiro atoms. The lowest BCUT2D eigenvalue weighted by Crippen LogP contribution is -2.47. The van der Waals surface area contributed by atoms with E-state index in [9.17, 15) is 4.79 Å². The van der Waals surface area contributed by atoms with E-state index in [2.05, 4.69) is 41.0 Å². The van der Waals surface area contributed by atoms with Crippen LogP contribution in [0.25, 0.3) is 0 Å². The van der Waals surface area contributed by atoms with E-state index in [4.69, 9.17) is 0 Å². The largest absolute Gasteiger partial charge is 0.355 e. The predicted molar refractivity (Wildman–Crippen MR) is 76.0 cm³/mol. The SMILES string of the molecule is O=C(NCC1(c2ccccc2)CCC1)C1CCNC1. The van der Waals surface area contributed by atoms with E-state index in [-0.39, 0.29) is 17.2 Å². The highest BCUT2D eigenvalue weighted by molar-refractivity contribution is 5.79. The lowest BCUT2D eigenvalue weighted by molar-refractivity contribution is -0.124. The van der Waals surface area contributed by atoms with Gasteiger partial charge in [-0.1, -0.05) is 36.8 Å². The van der Waals surface area contributed by atoms with Crippen LogP contribution in [0.5, 0.6) is 0 Å². The van der Waals surface area contributed by atoms with E-state index >= 15 is 0 Å². The molecule has 1 atom stereocenters. The zero-order valence-electron chi connectivity index (χ0n) is 11.3. The number of rotatable bonds is 4. The van der Waals surface area contributed by atoms with Crippen molar-refractivity contribution in [2.24, 2.45) is 5.92 Å². The predicted octanol–water partition coefficient (Wildman–Crippen LogP) is 1.83. The summed E-state index contributed by atoms with van der Waals surface area (Å²) < 4.78 is 0. The molecule has 2 aliphatic rings. The molecule has 1 saturated carbocycles. The minimum absolute atomic E-state index is 0.174. The van der Waals surface area contributed by atoms with Gasteiger partial charge in [-0.25, -0.2) is 0 Å². The van der Waals surface area contributed by atoms with Crippen LogP contribution in [0.15, 0.2) is 30.3 Å². The van der Waals surface area contributed by atoms with Gasteiger partial charge in [0, 0.05) is 18.5 Å². The minimum atomic E-state index is 0.174. The molecule has 102 valence electrons. The second kappa shape index (κ2) is 5.33. The Hall–Kier alpha value is -1.35. The van der Waals surface area contributed by atoms with Crippen LogP contribution in [-0.4, -0.2) is 25.5 Å². The standard InChI is InChI=1S/C16H22N2O/c19-15(13-7-10-17-11-13)18-12-16(8-4-9-16)14-5-2-1-3-6-14/h1-3,5-6,13,17H,4,7-12H2,(H,18,19). The maximum Gasteiger partial charge on any atom is 0.224 e. The molecular weight excluding hydrogens is 236 g/mol. The van der Waals surface area contributed by atoms with Crippen LogP contribution in [0.4, 0.5) is 0 Å². The van der Waals surface area contributed by atoms with Crippen molar-refractivity contribution >= 4 is 5.91 Å². The van der Waals surface area contributed by atoms with Crippen LogP contribution >= 0.6 is 0 Å². The van der Waals surface area contributed by atoms with Gasteiger partial charge in [0.05, 0.1) is 5.92 Å². The molecule has 1 aliphatic heterocycles. The molecule has 1 heterocycles. The van der Waals surface area contributed by atoms with Crippen LogP contribution in [0.3, 0.4) is 0 Å². The first-order chi connectivity index (χ1) is 9.30. The summed E-state index contributed by atoms with van der Waals surface area (Å²) in [7, 11) is 0. The van der Waals surface area contributed by atoms with Gasteiger partial charge in [0.25, 0.3) is 0 Å². The third kappa shape index (κ3) is 2.52. The topological polar surface area (TPSA) is 41.1 Å². The average molecular weight is 258 g/mol. The molecular formula is C16H22N2O. The number of nitrogens with one attached hydrogen (secondary N) is 2. The summed E-state index contributed by atoms with van der Waals surface area (Å²) >= 11 is 0. The van der Waals surface area contributed by atoms with Crippen LogP contribution in [0.2, 0.25) is 0 Å². The van der Waals surface area contributed by atoms with Gasteiger partial charge in [0.2, 0.25) is 5.91 Å². The van der Waals surface area contributed by atoms with Gasteiger partial charge in [-0.2, -0.15) is 0 Å². The molecule has 2 N–H and O–H groups in total. The molecule has 2 fully saturated rings. The molecule has 3 rings (SSSR count). The van der Waals surface area contributed by atoms with Crippen molar-refractivity contribution in [1.29, 1.82) is 0 Å². The van der Waals surface area contributed by atoms with E-state index in [0.29, 0.717) is 0 Å². The number of hydrogen-bond acceptors (Lipinski definition) is 2. The van der Waals surface area contributed by atoms with E-state index in [1.54, 1.807) is 0 Å². The Balaban J connectivity index is 1.62. The summed E-state index contributed by atoms with van der Waals surface area (Å²) in [5, 5.41) is 6.44. The number of amides is 1. The quantitative estimate of drug-likeness (QED) is 0.865. The van der Waals surface area contributed by atoms with Crippen LogP contribution in [0.1, 0.15) is 31.2 Å². The first-order valence-electron chi connectivity index (χ1n) is 7.34. The molecule has 1 amide bonds. The molecule has 1 aliphatic carbocycles. The summed E-state index contributed by atoms with van der Waals surface area (Å²) in [4.78, 5) is 12.1. The van der Waals surface area contributed by atoms with Gasteiger partial charge in [0.1, 0.15) is 0 Å². The molecule has 1 aromatic rings. The van der Waals surface area contributed by atoms with Gasteiger partial charge < -0.3 is 10.6 Å². The zero-order valence-corrected chi connectivity index (χ0v) is 11.3. The fraction of sp³-hybridized carbons (Fsp3) is 0.562. The van der Waals surface area contributed by atoms with Crippen molar-refractivity contribution in [3.8, 4) is 0 Å². The number of carbonyl (C=O) groups is 1. The summed E-state index contributed by atoms with van der Waals surface area (Å²) in [6, 6.07) is 10.6. The third-order valence-corrected chi connectivity index (χ3v) is 4.73. The molecule has 3 heteroatoms. The highest BCUT2D eigenvalue weighted by Crippen LogP contribution is 2.43. The highest BCUT2D eigenvalue weighted by Gasteiger charge is 2.39. The number of carbonyl (C=O) groups excluding carboxylic acids is 1. The Kier molecular flexibility index (Phi) is 3.56. The van der Waals surface area contributed by atoms with Crippen molar-refractivity contribution < 1.29 is 4.79 Å². The molecule has 0 radical (unpaired) electrons. The van der Waals surface area contributed by atoms with Gasteiger partial charge in [-0.05, 0) is 31.4 Å². The molecule has 1 aromatic carbocycles. The van der Waals surface area contributed by atoms with E-state index in [0.717, 1.165) is 26.1 Å². The molecule has 19 heavy (non-hydrogen) atoms. The average Bonchev–Trinajstić information content (AvgIpc) is 2.92. The molecule has 1 saturated heterocycles. The van der Waals surface area contributed by atoms with Gasteiger partial charge in [0.15, 0.2) is 0 Å². The maximum absolute atomic E-state index is 12.1. The Morgan fingerprint density at radius 3 is 2.68 bits per heavy atom. The molecule has 3 nitrogen and oxygen atoms in total. The highest BCUT2D eigenvalue weighted by atomic mass is 16.1.